The lowest BCUT2D eigenvalue weighted by atomic mass is 10.3. The summed E-state index contributed by atoms with van der Waals surface area (Å²) in [6.45, 7) is 4.54. The van der Waals surface area contributed by atoms with Gasteiger partial charge in [-0.05, 0) is 30.5 Å². The van der Waals surface area contributed by atoms with Crippen LogP contribution in [-0.2, 0) is 112 Å². The quantitative estimate of drug-likeness (QED) is 0.0558. The largest absolute Gasteiger partial charge is 0.497 e. The molecule has 0 atom stereocenters. The van der Waals surface area contributed by atoms with E-state index in [4.69, 9.17) is 112 Å². The molecule has 1 aromatic carbocycles. The molecule has 1 rings (SSSR count). The summed E-state index contributed by atoms with van der Waals surface area (Å²) in [5, 5.41) is 2.77. The highest BCUT2D eigenvalue weighted by Crippen LogP contribution is 2.15. The lowest BCUT2D eigenvalue weighted by Crippen LogP contribution is -2.15. The lowest BCUT2D eigenvalue weighted by molar-refractivity contribution is -0.379. The monoisotopic (exact) mass is 913 g/mol. The van der Waals surface area contributed by atoms with E-state index < -0.39 is 0 Å². The van der Waals surface area contributed by atoms with Crippen LogP contribution in [0, 0.1) is 0 Å². The average Bonchev–Trinajstić information content (AvgIpc) is 3.27. The Labute approximate surface area is 359 Å². The predicted molar refractivity (Wildman–Crippen MR) is 205 cm³/mol. The molecule has 0 spiro atoms. The van der Waals surface area contributed by atoms with Crippen LogP contribution in [0.15, 0.2) is 24.3 Å². The zero-order valence-electron chi connectivity index (χ0n) is 34.9. The third-order valence-corrected chi connectivity index (χ3v) is 6.56. The van der Waals surface area contributed by atoms with Crippen molar-refractivity contribution in [2.24, 2.45) is 0 Å². The van der Waals surface area contributed by atoms with Gasteiger partial charge in [0.05, 0.1) is 40.0 Å². The molecule has 0 fully saturated rings. The maximum absolute atomic E-state index is 11.9. The Morgan fingerprint density at radius 3 is 0.918 bits per heavy atom. The summed E-state index contributed by atoms with van der Waals surface area (Å²) in [7, 11) is 1.58. The number of rotatable bonds is 51. The molecule has 1 aromatic rings. The molecule has 0 radical (unpaired) electrons. The molecule has 0 aliphatic carbocycles. The maximum Gasteiger partial charge on any atom is 0.226 e. The normalized spacial score (nSPS) is 11.4. The Kier molecular flexibility index (Phi) is 45.8. The summed E-state index contributed by atoms with van der Waals surface area (Å²) in [5.74, 6) is 1.49. The highest BCUT2D eigenvalue weighted by molar-refractivity contribution is 7.98. The van der Waals surface area contributed by atoms with E-state index >= 15 is 0 Å². The van der Waals surface area contributed by atoms with Crippen molar-refractivity contribution >= 4 is 23.4 Å². The van der Waals surface area contributed by atoms with Gasteiger partial charge >= 0.3 is 0 Å². The average molecular weight is 914 g/mol. The summed E-state index contributed by atoms with van der Waals surface area (Å²) in [6, 6.07) is 7.04. The van der Waals surface area contributed by atoms with Gasteiger partial charge in [0.1, 0.15) is 138 Å². The van der Waals surface area contributed by atoms with Gasteiger partial charge < -0.3 is 19.5 Å². The molecule has 1 amide bonds. The standard InChI is InChI=1S/C35H63NO24S/c1-38-34-5-3-33(4-6-34)36-35(37)7-8-39-9-11-41-43-13-15-45-47-17-19-49-51-21-23-53-55-25-27-57-59-29-30-60-58-28-26-56-54-24-22-52-50-20-18-48-46-16-14-44-42-12-10-40-31-32-61-2/h3-6H,7-32H2,1-2H3,(H,36,37). The zero-order valence-corrected chi connectivity index (χ0v) is 35.7. The number of ether oxygens (including phenoxy) is 3. The second-order valence-electron chi connectivity index (χ2n) is 10.7. The number of carbonyl (C=O) groups excluding carboxylic acids is 1. The number of carbonyl (C=O) groups is 1. The van der Waals surface area contributed by atoms with Crippen molar-refractivity contribution in [3.8, 4) is 5.75 Å². The molecular weight excluding hydrogens is 850 g/mol. The minimum Gasteiger partial charge on any atom is -0.497 e. The Balaban J connectivity index is 1.62. The number of thioether (sulfide) groups is 1. The van der Waals surface area contributed by atoms with Crippen molar-refractivity contribution in [2.75, 3.05) is 183 Å². The van der Waals surface area contributed by atoms with Gasteiger partial charge in [-0.15, -0.1) is 0 Å². The number of hydrogen-bond donors (Lipinski definition) is 1. The van der Waals surface area contributed by atoms with E-state index in [2.05, 4.69) is 5.32 Å². The number of hydrogen-bond acceptors (Lipinski definition) is 25. The van der Waals surface area contributed by atoms with E-state index in [0.717, 1.165) is 5.75 Å². The maximum atomic E-state index is 11.9. The van der Waals surface area contributed by atoms with E-state index in [1.807, 2.05) is 6.26 Å². The van der Waals surface area contributed by atoms with Gasteiger partial charge in [0.15, 0.2) is 0 Å². The summed E-state index contributed by atoms with van der Waals surface area (Å²) in [5.41, 5.74) is 0.679. The van der Waals surface area contributed by atoms with E-state index in [0.29, 0.717) is 31.3 Å². The number of nitrogens with one attached hydrogen (secondary N) is 1. The van der Waals surface area contributed by atoms with Crippen molar-refractivity contribution in [2.45, 2.75) is 6.42 Å². The first-order chi connectivity index (χ1) is 30.3. The van der Waals surface area contributed by atoms with Crippen LogP contribution in [-0.4, -0.2) is 184 Å². The Morgan fingerprint density at radius 1 is 0.393 bits per heavy atom. The number of benzene rings is 1. The first-order valence-electron chi connectivity index (χ1n) is 19.3. The minimum absolute atomic E-state index is 0.111. The fourth-order valence-corrected chi connectivity index (χ4v) is 3.67. The van der Waals surface area contributed by atoms with Gasteiger partial charge in [0.2, 0.25) is 5.91 Å². The Morgan fingerprint density at radius 2 is 0.656 bits per heavy atom. The Hall–Kier alpha value is -2.04. The molecule has 25 nitrogen and oxygen atoms in total. The Bertz CT molecular complexity index is 1030. The molecule has 0 saturated carbocycles. The van der Waals surface area contributed by atoms with E-state index in [1.54, 1.807) is 43.1 Å². The lowest BCUT2D eigenvalue weighted by Gasteiger charge is -2.08. The van der Waals surface area contributed by atoms with Gasteiger partial charge in [-0.3, -0.25) is 4.79 Å². The van der Waals surface area contributed by atoms with Gasteiger partial charge in [0.25, 0.3) is 0 Å². The number of anilines is 1. The summed E-state index contributed by atoms with van der Waals surface area (Å²) in [6.07, 6.45) is 2.22. The third kappa shape index (κ3) is 44.4. The topological polar surface area (TPSA) is 241 Å². The summed E-state index contributed by atoms with van der Waals surface area (Å²) >= 11 is 1.72. The zero-order chi connectivity index (χ0) is 43.6. The minimum atomic E-state index is -0.162. The van der Waals surface area contributed by atoms with Crippen LogP contribution < -0.4 is 10.1 Å². The fraction of sp³-hybridized carbons (Fsp3) is 0.800. The highest BCUT2D eigenvalue weighted by atomic mass is 32.2. The van der Waals surface area contributed by atoms with Gasteiger partial charge in [-0.2, -0.15) is 11.8 Å². The van der Waals surface area contributed by atoms with Gasteiger partial charge in [-0.1, -0.05) is 0 Å². The van der Waals surface area contributed by atoms with E-state index in [1.165, 1.54) is 0 Å². The van der Waals surface area contributed by atoms with Crippen LogP contribution in [0.1, 0.15) is 6.42 Å². The number of methoxy groups -OCH3 is 1. The van der Waals surface area contributed by atoms with Crippen LogP contribution in [0.3, 0.4) is 0 Å². The molecule has 26 heteroatoms. The van der Waals surface area contributed by atoms with Crippen molar-refractivity contribution in [3.63, 3.8) is 0 Å². The van der Waals surface area contributed by atoms with Crippen LogP contribution in [0.2, 0.25) is 0 Å². The molecule has 0 unspecified atom stereocenters. The molecule has 0 saturated heterocycles. The van der Waals surface area contributed by atoms with Crippen LogP contribution in [0.5, 0.6) is 5.75 Å². The predicted octanol–water partition coefficient (Wildman–Crippen LogP) is 1.90. The molecular formula is C35H63NO24S. The molecule has 0 heterocycles. The van der Waals surface area contributed by atoms with Crippen molar-refractivity contribution in [3.05, 3.63) is 24.3 Å². The molecule has 0 bridgehead atoms. The second kappa shape index (κ2) is 49.0. The molecule has 0 aliphatic rings. The smallest absolute Gasteiger partial charge is 0.226 e. The van der Waals surface area contributed by atoms with E-state index in [9.17, 15) is 4.79 Å². The van der Waals surface area contributed by atoms with Crippen LogP contribution in [0.25, 0.3) is 0 Å². The fourth-order valence-electron chi connectivity index (χ4n) is 3.39. The summed E-state index contributed by atoms with van der Waals surface area (Å²) in [4.78, 5) is 110. The first-order valence-corrected chi connectivity index (χ1v) is 20.7. The SMILES string of the molecule is COc1ccc(NC(=O)CCOCCOOCCOOCCOOCCOOCCOOCCOOCCOOCCOOCCOOCCOOCCOCCSC)cc1. The highest BCUT2D eigenvalue weighted by Gasteiger charge is 2.04. The van der Waals surface area contributed by atoms with Crippen molar-refractivity contribution in [1.82, 2.24) is 0 Å². The van der Waals surface area contributed by atoms with Crippen LogP contribution in [0.4, 0.5) is 5.69 Å². The third-order valence-electron chi connectivity index (χ3n) is 5.98. The van der Waals surface area contributed by atoms with Crippen molar-refractivity contribution < 1.29 is 117 Å². The van der Waals surface area contributed by atoms with E-state index in [-0.39, 0.29) is 151 Å². The van der Waals surface area contributed by atoms with Crippen molar-refractivity contribution in [1.29, 1.82) is 0 Å². The summed E-state index contributed by atoms with van der Waals surface area (Å²) < 4.78 is 15.7. The molecule has 0 aliphatic heterocycles. The van der Waals surface area contributed by atoms with Gasteiger partial charge in [0, 0.05) is 11.4 Å². The molecule has 61 heavy (non-hydrogen) atoms. The van der Waals surface area contributed by atoms with Crippen LogP contribution >= 0.6 is 11.8 Å². The molecule has 358 valence electrons. The first kappa shape index (κ1) is 57.0. The molecule has 1 N–H and O–H groups in total. The number of amides is 1. The van der Waals surface area contributed by atoms with Gasteiger partial charge in [-0.25, -0.2) is 97.8 Å². The molecule has 0 aromatic heterocycles. The second-order valence-corrected chi connectivity index (χ2v) is 11.7.